The van der Waals surface area contributed by atoms with Gasteiger partial charge in [-0.3, -0.25) is 9.69 Å². The van der Waals surface area contributed by atoms with Gasteiger partial charge in [0, 0.05) is 26.6 Å². The van der Waals surface area contributed by atoms with E-state index in [1.807, 2.05) is 18.7 Å². The Bertz CT molecular complexity index is 198. The highest BCUT2D eigenvalue weighted by atomic mass is 16.5. The third-order valence-corrected chi connectivity index (χ3v) is 2.44. The first kappa shape index (κ1) is 15.3. The molecule has 0 bridgehead atoms. The molecule has 1 fully saturated rings. The Kier molecular flexibility index (Phi) is 8.15. The lowest BCUT2D eigenvalue weighted by Crippen LogP contribution is -2.38. The zero-order valence-electron chi connectivity index (χ0n) is 10.6. The van der Waals surface area contributed by atoms with Crippen LogP contribution in [0.4, 0.5) is 0 Å². The summed E-state index contributed by atoms with van der Waals surface area (Å²) in [6.45, 7) is 5.72. The predicted molar refractivity (Wildman–Crippen MR) is 61.2 cm³/mol. The zero-order chi connectivity index (χ0) is 12.6. The second kappa shape index (κ2) is 8.50. The Labute approximate surface area is 97.3 Å². The van der Waals surface area contributed by atoms with Crippen LogP contribution in [0.2, 0.25) is 0 Å². The first-order chi connectivity index (χ1) is 7.69. The fourth-order valence-corrected chi connectivity index (χ4v) is 1.72. The lowest BCUT2D eigenvalue weighted by Gasteiger charge is -2.21. The molecule has 0 aromatic carbocycles. The Morgan fingerprint density at radius 3 is 2.56 bits per heavy atom. The van der Waals surface area contributed by atoms with E-state index in [-0.39, 0.29) is 12.0 Å². The molecule has 2 unspecified atom stereocenters. The van der Waals surface area contributed by atoms with Crippen molar-refractivity contribution >= 4 is 5.97 Å². The Hall–Kier alpha value is -0.650. The molecular weight excluding hydrogens is 210 g/mol. The van der Waals surface area contributed by atoms with Crippen LogP contribution in [0.25, 0.3) is 0 Å². The molecule has 0 aromatic heterocycles. The minimum absolute atomic E-state index is 0.280. The number of hydrogen-bond donors (Lipinski definition) is 1. The van der Waals surface area contributed by atoms with Crippen molar-refractivity contribution in [3.8, 4) is 0 Å². The Morgan fingerprint density at radius 1 is 1.44 bits per heavy atom. The molecule has 0 spiro atoms. The van der Waals surface area contributed by atoms with E-state index in [2.05, 4.69) is 4.74 Å². The van der Waals surface area contributed by atoms with Crippen molar-refractivity contribution in [1.82, 2.24) is 4.90 Å². The zero-order valence-corrected chi connectivity index (χ0v) is 10.6. The summed E-state index contributed by atoms with van der Waals surface area (Å²) in [6, 6.07) is -0.315. The van der Waals surface area contributed by atoms with Crippen molar-refractivity contribution in [1.29, 1.82) is 0 Å². The largest absolute Gasteiger partial charge is 0.468 e. The second-order valence-electron chi connectivity index (χ2n) is 3.42. The highest BCUT2D eigenvalue weighted by Crippen LogP contribution is 2.18. The van der Waals surface area contributed by atoms with Gasteiger partial charge in [-0.2, -0.15) is 0 Å². The summed E-state index contributed by atoms with van der Waals surface area (Å²) in [5.41, 5.74) is 0. The van der Waals surface area contributed by atoms with Gasteiger partial charge in [0.1, 0.15) is 6.04 Å². The quantitative estimate of drug-likeness (QED) is 0.706. The number of nitrogens with zero attached hydrogens (tertiary/aromatic N) is 1. The van der Waals surface area contributed by atoms with E-state index in [1.165, 1.54) is 7.11 Å². The second-order valence-corrected chi connectivity index (χ2v) is 3.42. The maximum absolute atomic E-state index is 11.3. The fraction of sp³-hybridized carbons (Fsp3) is 0.909. The SMILES string of the molecule is CC.COCCN1CC(O)CC1C(=O)OC. The van der Waals surface area contributed by atoms with Gasteiger partial charge in [-0.05, 0) is 0 Å². The molecule has 1 heterocycles. The molecular formula is C11H23NO4. The predicted octanol–water partition coefficient (Wildman–Crippen LogP) is 0.267. The summed E-state index contributed by atoms with van der Waals surface area (Å²) in [4.78, 5) is 13.2. The number of rotatable bonds is 4. The number of carbonyl (C=O) groups is 1. The van der Waals surface area contributed by atoms with Crippen LogP contribution >= 0.6 is 0 Å². The van der Waals surface area contributed by atoms with Gasteiger partial charge in [-0.15, -0.1) is 0 Å². The van der Waals surface area contributed by atoms with Crippen LogP contribution in [0, 0.1) is 0 Å². The number of hydrogen-bond acceptors (Lipinski definition) is 5. The van der Waals surface area contributed by atoms with Crippen LogP contribution in [-0.4, -0.2) is 62.0 Å². The number of carbonyl (C=O) groups excluding carboxylic acids is 1. The fourth-order valence-electron chi connectivity index (χ4n) is 1.72. The van der Waals surface area contributed by atoms with E-state index in [1.54, 1.807) is 7.11 Å². The van der Waals surface area contributed by atoms with Gasteiger partial charge in [0.05, 0.1) is 19.8 Å². The molecule has 0 aromatic rings. The maximum atomic E-state index is 11.3. The van der Waals surface area contributed by atoms with Gasteiger partial charge in [0.2, 0.25) is 0 Å². The standard InChI is InChI=1S/C9H17NO4.C2H6/c1-13-4-3-10-6-7(11)5-8(10)9(12)14-2;1-2/h7-8,11H,3-6H2,1-2H3;1-2H3. The third kappa shape index (κ3) is 4.47. The number of aliphatic hydroxyl groups is 1. The van der Waals surface area contributed by atoms with E-state index in [9.17, 15) is 9.90 Å². The summed E-state index contributed by atoms with van der Waals surface area (Å²) in [6.07, 6.45) is 0.0204. The molecule has 0 radical (unpaired) electrons. The summed E-state index contributed by atoms with van der Waals surface area (Å²) in [5.74, 6) is -0.280. The van der Waals surface area contributed by atoms with Crippen LogP contribution in [0.15, 0.2) is 0 Å². The van der Waals surface area contributed by atoms with Crippen molar-refractivity contribution in [3.05, 3.63) is 0 Å². The van der Waals surface area contributed by atoms with Crippen LogP contribution in [-0.2, 0) is 14.3 Å². The molecule has 1 aliphatic heterocycles. The van der Waals surface area contributed by atoms with Crippen molar-refractivity contribution in [2.75, 3.05) is 33.9 Å². The van der Waals surface area contributed by atoms with Crippen molar-refractivity contribution < 1.29 is 19.4 Å². The van der Waals surface area contributed by atoms with Gasteiger partial charge < -0.3 is 14.6 Å². The molecule has 0 saturated carbocycles. The summed E-state index contributed by atoms with van der Waals surface area (Å²) in [5, 5.41) is 9.42. The third-order valence-electron chi connectivity index (χ3n) is 2.44. The Morgan fingerprint density at radius 2 is 2.06 bits per heavy atom. The molecule has 5 nitrogen and oxygen atoms in total. The maximum Gasteiger partial charge on any atom is 0.323 e. The topological polar surface area (TPSA) is 59.0 Å². The first-order valence-electron chi connectivity index (χ1n) is 5.68. The minimum atomic E-state index is -0.434. The van der Waals surface area contributed by atoms with Crippen molar-refractivity contribution in [2.24, 2.45) is 0 Å². The molecule has 5 heteroatoms. The van der Waals surface area contributed by atoms with Gasteiger partial charge in [-0.1, -0.05) is 13.8 Å². The van der Waals surface area contributed by atoms with Crippen LogP contribution in [0.3, 0.4) is 0 Å². The summed E-state index contributed by atoms with van der Waals surface area (Å²) >= 11 is 0. The number of β-amino-alcohol motifs (C(OH)–C–C–N with tert-alkyl or cyclic N) is 1. The molecule has 1 aliphatic rings. The van der Waals surface area contributed by atoms with E-state index >= 15 is 0 Å². The number of ether oxygens (including phenoxy) is 2. The molecule has 0 aliphatic carbocycles. The van der Waals surface area contributed by atoms with E-state index in [4.69, 9.17) is 4.74 Å². The van der Waals surface area contributed by atoms with Crippen LogP contribution in [0.1, 0.15) is 20.3 Å². The highest BCUT2D eigenvalue weighted by molar-refractivity contribution is 5.76. The number of methoxy groups -OCH3 is 2. The summed E-state index contributed by atoms with van der Waals surface area (Å²) in [7, 11) is 2.97. The van der Waals surface area contributed by atoms with E-state index in [0.29, 0.717) is 26.1 Å². The smallest absolute Gasteiger partial charge is 0.323 e. The van der Waals surface area contributed by atoms with Crippen molar-refractivity contribution in [2.45, 2.75) is 32.4 Å². The lowest BCUT2D eigenvalue weighted by atomic mass is 10.2. The molecule has 0 amide bonds. The van der Waals surface area contributed by atoms with Gasteiger partial charge in [0.25, 0.3) is 0 Å². The summed E-state index contributed by atoms with van der Waals surface area (Å²) < 4.78 is 9.59. The molecule has 1 rings (SSSR count). The van der Waals surface area contributed by atoms with Crippen LogP contribution in [0.5, 0.6) is 0 Å². The van der Waals surface area contributed by atoms with Gasteiger partial charge in [-0.25, -0.2) is 0 Å². The molecule has 16 heavy (non-hydrogen) atoms. The number of esters is 1. The average Bonchev–Trinajstić information content (AvgIpc) is 2.69. The van der Waals surface area contributed by atoms with Gasteiger partial charge >= 0.3 is 5.97 Å². The molecule has 96 valence electrons. The number of likely N-dealkylation sites (tertiary alicyclic amines) is 1. The van der Waals surface area contributed by atoms with E-state index < -0.39 is 6.10 Å². The monoisotopic (exact) mass is 233 g/mol. The average molecular weight is 233 g/mol. The minimum Gasteiger partial charge on any atom is -0.468 e. The molecule has 1 saturated heterocycles. The van der Waals surface area contributed by atoms with Crippen LogP contribution < -0.4 is 0 Å². The molecule has 2 atom stereocenters. The normalized spacial score (nSPS) is 24.8. The Balaban J connectivity index is 0.00000106. The number of aliphatic hydroxyl groups excluding tert-OH is 1. The van der Waals surface area contributed by atoms with Gasteiger partial charge in [0.15, 0.2) is 0 Å². The first-order valence-corrected chi connectivity index (χ1v) is 5.68. The van der Waals surface area contributed by atoms with E-state index in [0.717, 1.165) is 0 Å². The lowest BCUT2D eigenvalue weighted by molar-refractivity contribution is -0.146. The highest BCUT2D eigenvalue weighted by Gasteiger charge is 2.36. The van der Waals surface area contributed by atoms with Crippen molar-refractivity contribution in [3.63, 3.8) is 0 Å². The molecule has 1 N–H and O–H groups in total.